The number of benzene rings is 1. The first-order chi connectivity index (χ1) is 9.75. The zero-order valence-electron chi connectivity index (χ0n) is 12.3. The van der Waals surface area contributed by atoms with Gasteiger partial charge >= 0.3 is 5.97 Å². The first-order valence-electron chi connectivity index (χ1n) is 6.39. The number of rotatable bonds is 6. The van der Waals surface area contributed by atoms with Crippen LogP contribution in [0.25, 0.3) is 0 Å². The molecule has 21 heavy (non-hydrogen) atoms. The van der Waals surface area contributed by atoms with Crippen molar-refractivity contribution in [2.75, 3.05) is 23.9 Å². The summed E-state index contributed by atoms with van der Waals surface area (Å²) in [6, 6.07) is 7.07. The zero-order chi connectivity index (χ0) is 16.0. The molecule has 0 saturated carbocycles. The summed E-state index contributed by atoms with van der Waals surface area (Å²) < 4.78 is 28.2. The molecule has 1 amide bonds. The minimum atomic E-state index is -3.68. The summed E-state index contributed by atoms with van der Waals surface area (Å²) in [5.74, 6) is -3.12. The van der Waals surface area contributed by atoms with Gasteiger partial charge in [-0.1, -0.05) is 25.1 Å². The number of amides is 1. The second-order valence-electron chi connectivity index (χ2n) is 4.84. The van der Waals surface area contributed by atoms with Gasteiger partial charge in [0.2, 0.25) is 5.91 Å². The minimum absolute atomic E-state index is 0.416. The van der Waals surface area contributed by atoms with Crippen LogP contribution in [-0.4, -0.2) is 38.9 Å². The van der Waals surface area contributed by atoms with E-state index < -0.39 is 39.1 Å². The van der Waals surface area contributed by atoms with Crippen molar-refractivity contribution in [3.63, 3.8) is 0 Å². The van der Waals surface area contributed by atoms with Crippen LogP contribution in [0.1, 0.15) is 12.5 Å². The second-order valence-corrected chi connectivity index (χ2v) is 6.95. The molecule has 0 aliphatic rings. The molecule has 1 unspecified atom stereocenters. The van der Waals surface area contributed by atoms with Crippen molar-refractivity contribution in [3.05, 3.63) is 29.8 Å². The molecule has 0 saturated heterocycles. The molecule has 0 spiro atoms. The number of ether oxygens (including phenoxy) is 1. The number of aryl methyl sites for hydroxylation is 1. The lowest BCUT2D eigenvalue weighted by Crippen LogP contribution is -2.29. The number of hydrogen-bond acceptors (Lipinski definition) is 5. The summed E-state index contributed by atoms with van der Waals surface area (Å²) in [6.45, 7) is 3.26. The Labute approximate surface area is 124 Å². The zero-order valence-corrected chi connectivity index (χ0v) is 13.1. The third-order valence-electron chi connectivity index (χ3n) is 2.88. The molecule has 0 bridgehead atoms. The van der Waals surface area contributed by atoms with Gasteiger partial charge in [-0.15, -0.1) is 0 Å². The Kier molecular flexibility index (Phi) is 5.90. The van der Waals surface area contributed by atoms with Crippen molar-refractivity contribution in [2.24, 2.45) is 5.92 Å². The third-order valence-corrected chi connectivity index (χ3v) is 4.59. The summed E-state index contributed by atoms with van der Waals surface area (Å²) in [7, 11) is -2.49. The van der Waals surface area contributed by atoms with Gasteiger partial charge in [-0.25, -0.2) is 8.42 Å². The van der Waals surface area contributed by atoms with E-state index in [-0.39, 0.29) is 0 Å². The van der Waals surface area contributed by atoms with Crippen LogP contribution in [0.15, 0.2) is 24.3 Å². The first-order valence-corrected chi connectivity index (χ1v) is 8.21. The van der Waals surface area contributed by atoms with E-state index in [9.17, 15) is 18.0 Å². The highest BCUT2D eigenvalue weighted by Crippen LogP contribution is 2.13. The first kappa shape index (κ1) is 17.2. The Hall–Kier alpha value is -1.89. The SMILES string of the molecule is COC(=O)C(C)CS(=O)(=O)CC(=O)Nc1ccccc1C. The lowest BCUT2D eigenvalue weighted by molar-refractivity contribution is -0.144. The molecule has 0 fully saturated rings. The standard InChI is InChI=1S/C14H19NO5S/c1-10-6-4-5-7-12(10)15-13(16)9-21(18,19)8-11(2)14(17)20-3/h4-7,11H,8-9H2,1-3H3,(H,15,16). The molecular weight excluding hydrogens is 294 g/mol. The van der Waals surface area contributed by atoms with Crippen molar-refractivity contribution >= 4 is 27.4 Å². The normalized spacial score (nSPS) is 12.5. The fourth-order valence-corrected chi connectivity index (χ4v) is 3.30. The van der Waals surface area contributed by atoms with E-state index in [1.807, 2.05) is 19.1 Å². The highest BCUT2D eigenvalue weighted by molar-refractivity contribution is 7.92. The second kappa shape index (κ2) is 7.21. The summed E-state index contributed by atoms with van der Waals surface area (Å²) in [4.78, 5) is 23.0. The molecular formula is C14H19NO5S. The van der Waals surface area contributed by atoms with Crippen LogP contribution < -0.4 is 5.32 Å². The fourth-order valence-electron chi connectivity index (χ4n) is 1.81. The van der Waals surface area contributed by atoms with Crippen LogP contribution in [-0.2, 0) is 24.2 Å². The minimum Gasteiger partial charge on any atom is -0.469 e. The van der Waals surface area contributed by atoms with Crippen molar-refractivity contribution in [2.45, 2.75) is 13.8 Å². The Balaban J connectivity index is 2.65. The predicted molar refractivity (Wildman–Crippen MR) is 79.6 cm³/mol. The maximum Gasteiger partial charge on any atom is 0.309 e. The molecule has 116 valence electrons. The van der Waals surface area contributed by atoms with Gasteiger partial charge in [0.1, 0.15) is 5.75 Å². The average Bonchev–Trinajstić information content (AvgIpc) is 2.39. The van der Waals surface area contributed by atoms with Gasteiger partial charge in [-0.05, 0) is 18.6 Å². The number of sulfone groups is 1. The van der Waals surface area contributed by atoms with Gasteiger partial charge in [0.15, 0.2) is 9.84 Å². The van der Waals surface area contributed by atoms with Crippen molar-refractivity contribution in [1.82, 2.24) is 0 Å². The van der Waals surface area contributed by atoms with Crippen molar-refractivity contribution < 1.29 is 22.7 Å². The van der Waals surface area contributed by atoms with Crippen LogP contribution >= 0.6 is 0 Å². The van der Waals surface area contributed by atoms with Gasteiger partial charge in [0, 0.05) is 5.69 Å². The van der Waals surface area contributed by atoms with E-state index >= 15 is 0 Å². The molecule has 1 rings (SSSR count). The highest BCUT2D eigenvalue weighted by Gasteiger charge is 2.24. The van der Waals surface area contributed by atoms with Crippen LogP contribution in [0.3, 0.4) is 0 Å². The number of methoxy groups -OCH3 is 1. The van der Waals surface area contributed by atoms with Gasteiger partial charge in [-0.3, -0.25) is 9.59 Å². The molecule has 7 heteroatoms. The predicted octanol–water partition coefficient (Wildman–Crippen LogP) is 1.16. The molecule has 1 atom stereocenters. The molecule has 1 aromatic carbocycles. The molecule has 0 aliphatic carbocycles. The lowest BCUT2D eigenvalue weighted by Gasteiger charge is -2.11. The summed E-state index contributed by atoms with van der Waals surface area (Å²) in [6.07, 6.45) is 0. The van der Waals surface area contributed by atoms with Crippen LogP contribution in [0.4, 0.5) is 5.69 Å². The van der Waals surface area contributed by atoms with Crippen molar-refractivity contribution in [1.29, 1.82) is 0 Å². The number of esters is 1. The topological polar surface area (TPSA) is 89.5 Å². The summed E-state index contributed by atoms with van der Waals surface area (Å²) >= 11 is 0. The molecule has 1 aromatic rings. The maximum atomic E-state index is 11.9. The monoisotopic (exact) mass is 313 g/mol. The third kappa shape index (κ3) is 5.55. The fraction of sp³-hybridized carbons (Fsp3) is 0.429. The maximum absolute atomic E-state index is 11.9. The van der Waals surface area contributed by atoms with E-state index in [0.29, 0.717) is 5.69 Å². The average molecular weight is 313 g/mol. The highest BCUT2D eigenvalue weighted by atomic mass is 32.2. The van der Waals surface area contributed by atoms with E-state index in [4.69, 9.17) is 0 Å². The Bertz CT molecular complexity index is 624. The largest absolute Gasteiger partial charge is 0.469 e. The molecule has 1 N–H and O–H groups in total. The molecule has 0 aromatic heterocycles. The van der Waals surface area contributed by atoms with Crippen molar-refractivity contribution in [3.8, 4) is 0 Å². The Morgan fingerprint density at radius 3 is 2.48 bits per heavy atom. The number of nitrogens with one attached hydrogen (secondary N) is 1. The van der Waals surface area contributed by atoms with Crippen LogP contribution in [0.2, 0.25) is 0 Å². The van der Waals surface area contributed by atoms with Gasteiger partial charge < -0.3 is 10.1 Å². The van der Waals surface area contributed by atoms with E-state index in [1.54, 1.807) is 12.1 Å². The Morgan fingerprint density at radius 1 is 1.29 bits per heavy atom. The molecule has 0 radical (unpaired) electrons. The number of carbonyl (C=O) groups is 2. The van der Waals surface area contributed by atoms with Crippen LogP contribution in [0.5, 0.6) is 0 Å². The van der Waals surface area contributed by atoms with Gasteiger partial charge in [0.25, 0.3) is 0 Å². The quantitative estimate of drug-likeness (QED) is 0.796. The van der Waals surface area contributed by atoms with E-state index in [0.717, 1.165) is 5.56 Å². The molecule has 6 nitrogen and oxygen atoms in total. The van der Waals surface area contributed by atoms with Crippen LogP contribution in [0, 0.1) is 12.8 Å². The Morgan fingerprint density at radius 2 is 1.90 bits per heavy atom. The smallest absolute Gasteiger partial charge is 0.309 e. The van der Waals surface area contributed by atoms with E-state index in [2.05, 4.69) is 10.1 Å². The lowest BCUT2D eigenvalue weighted by atomic mass is 10.2. The number of para-hydroxylation sites is 1. The van der Waals surface area contributed by atoms with E-state index in [1.165, 1.54) is 14.0 Å². The number of anilines is 1. The van der Waals surface area contributed by atoms with Gasteiger partial charge in [0.05, 0.1) is 18.8 Å². The number of carbonyl (C=O) groups excluding carboxylic acids is 2. The summed E-state index contributed by atoms with van der Waals surface area (Å²) in [5.41, 5.74) is 1.41. The van der Waals surface area contributed by atoms with Gasteiger partial charge in [-0.2, -0.15) is 0 Å². The summed E-state index contributed by atoms with van der Waals surface area (Å²) in [5, 5.41) is 2.55. The molecule has 0 aliphatic heterocycles. The number of hydrogen-bond donors (Lipinski definition) is 1. The molecule has 0 heterocycles.